The van der Waals surface area contributed by atoms with Crippen molar-refractivity contribution in [3.05, 3.63) is 0 Å². The molecule has 0 aliphatic carbocycles. The van der Waals surface area contributed by atoms with Crippen molar-refractivity contribution in [2.75, 3.05) is 13.2 Å². The van der Waals surface area contributed by atoms with Crippen LogP contribution in [-0.2, 0) is 4.74 Å². The third-order valence-electron chi connectivity index (χ3n) is 2.65. The molecule has 0 bridgehead atoms. The van der Waals surface area contributed by atoms with Crippen LogP contribution in [0, 0.1) is 0 Å². The van der Waals surface area contributed by atoms with E-state index in [2.05, 4.69) is 0 Å². The van der Waals surface area contributed by atoms with Gasteiger partial charge >= 0.3 is 0 Å². The Morgan fingerprint density at radius 1 is 1.12 bits per heavy atom. The van der Waals surface area contributed by atoms with Crippen LogP contribution < -0.4 is 0 Å². The molecule has 0 aromatic heterocycles. The SMILES string of the molecule is OC[C@H]1O[C@](O)([C@@H](O)CO)[C@@H](O)[C@@H](O)[C@H]1O. The maximum Gasteiger partial charge on any atom is 0.224 e. The van der Waals surface area contributed by atoms with Gasteiger partial charge in [0, 0.05) is 0 Å². The number of ether oxygens (including phenoxy) is 1. The molecule has 1 heterocycles. The summed E-state index contributed by atoms with van der Waals surface area (Å²) in [6, 6.07) is 0. The lowest BCUT2D eigenvalue weighted by molar-refractivity contribution is -0.378. The summed E-state index contributed by atoms with van der Waals surface area (Å²) in [5.74, 6) is -2.64. The number of hydrogen-bond acceptors (Lipinski definition) is 8. The number of aliphatic hydroxyl groups excluding tert-OH is 6. The highest BCUT2D eigenvalue weighted by molar-refractivity contribution is 4.99. The number of hydrogen-bond donors (Lipinski definition) is 7. The van der Waals surface area contributed by atoms with Crippen LogP contribution in [-0.4, -0.2) is 85.3 Å². The summed E-state index contributed by atoms with van der Waals surface area (Å²) in [6.07, 6.45) is -8.67. The molecule has 0 spiro atoms. The zero-order chi connectivity index (χ0) is 12.5. The predicted octanol–water partition coefficient (Wildman–Crippen LogP) is -4.50. The zero-order valence-electron chi connectivity index (χ0n) is 8.34. The molecule has 8 nitrogen and oxygen atoms in total. The fourth-order valence-electron chi connectivity index (χ4n) is 1.58. The molecule has 7 N–H and O–H groups in total. The third-order valence-corrected chi connectivity index (χ3v) is 2.65. The molecule has 1 aliphatic rings. The molecular formula is C8H16O8. The van der Waals surface area contributed by atoms with Gasteiger partial charge in [0.25, 0.3) is 0 Å². The summed E-state index contributed by atoms with van der Waals surface area (Å²) in [4.78, 5) is 0. The van der Waals surface area contributed by atoms with E-state index < -0.39 is 49.5 Å². The molecule has 0 aromatic rings. The highest BCUT2D eigenvalue weighted by atomic mass is 16.7. The van der Waals surface area contributed by atoms with Gasteiger partial charge in [0.2, 0.25) is 5.79 Å². The Balaban J connectivity index is 2.93. The molecule has 0 amide bonds. The Bertz CT molecular complexity index is 234. The minimum absolute atomic E-state index is 0.731. The van der Waals surface area contributed by atoms with E-state index in [0.717, 1.165) is 0 Å². The molecule has 0 saturated carbocycles. The molecular weight excluding hydrogens is 224 g/mol. The van der Waals surface area contributed by atoms with E-state index in [-0.39, 0.29) is 0 Å². The Morgan fingerprint density at radius 3 is 2.12 bits per heavy atom. The van der Waals surface area contributed by atoms with Crippen LogP contribution >= 0.6 is 0 Å². The van der Waals surface area contributed by atoms with E-state index >= 15 is 0 Å². The zero-order valence-corrected chi connectivity index (χ0v) is 8.34. The average Bonchev–Trinajstić information content (AvgIpc) is 2.30. The van der Waals surface area contributed by atoms with Gasteiger partial charge in [0.1, 0.15) is 30.5 Å². The summed E-state index contributed by atoms with van der Waals surface area (Å²) in [6.45, 7) is -1.65. The fourth-order valence-corrected chi connectivity index (χ4v) is 1.58. The van der Waals surface area contributed by atoms with Crippen molar-refractivity contribution in [3.63, 3.8) is 0 Å². The van der Waals surface area contributed by atoms with Gasteiger partial charge in [-0.05, 0) is 0 Å². The smallest absolute Gasteiger partial charge is 0.224 e. The molecule has 1 fully saturated rings. The van der Waals surface area contributed by atoms with Crippen LogP contribution in [0.2, 0.25) is 0 Å². The van der Waals surface area contributed by atoms with E-state index in [0.29, 0.717) is 0 Å². The predicted molar refractivity (Wildman–Crippen MR) is 48.0 cm³/mol. The van der Waals surface area contributed by atoms with Crippen molar-refractivity contribution < 1.29 is 40.5 Å². The van der Waals surface area contributed by atoms with Crippen LogP contribution in [0.4, 0.5) is 0 Å². The van der Waals surface area contributed by atoms with Crippen LogP contribution in [0.25, 0.3) is 0 Å². The van der Waals surface area contributed by atoms with Crippen LogP contribution in [0.5, 0.6) is 0 Å². The molecule has 16 heavy (non-hydrogen) atoms. The minimum atomic E-state index is -2.64. The maximum atomic E-state index is 9.73. The molecule has 0 radical (unpaired) electrons. The van der Waals surface area contributed by atoms with Gasteiger partial charge in [-0.3, -0.25) is 0 Å². The minimum Gasteiger partial charge on any atom is -0.394 e. The van der Waals surface area contributed by atoms with Gasteiger partial charge in [-0.25, -0.2) is 0 Å². The first kappa shape index (κ1) is 13.7. The number of rotatable bonds is 3. The normalized spacial score (nSPS) is 46.7. The summed E-state index contributed by atoms with van der Waals surface area (Å²) in [5, 5.41) is 64.7. The van der Waals surface area contributed by atoms with Crippen LogP contribution in [0.3, 0.4) is 0 Å². The summed E-state index contributed by atoms with van der Waals surface area (Å²) >= 11 is 0. The Hall–Kier alpha value is -0.320. The van der Waals surface area contributed by atoms with Crippen molar-refractivity contribution in [2.45, 2.75) is 36.3 Å². The van der Waals surface area contributed by atoms with Gasteiger partial charge < -0.3 is 40.5 Å². The van der Waals surface area contributed by atoms with Gasteiger partial charge in [-0.2, -0.15) is 0 Å². The molecule has 1 rings (SSSR count). The molecule has 6 atom stereocenters. The van der Waals surface area contributed by atoms with Gasteiger partial charge in [0.15, 0.2) is 0 Å². The average molecular weight is 240 g/mol. The molecule has 8 heteroatoms. The highest BCUT2D eigenvalue weighted by Gasteiger charge is 2.56. The first-order valence-electron chi connectivity index (χ1n) is 4.72. The summed E-state index contributed by atoms with van der Waals surface area (Å²) < 4.78 is 4.71. The highest BCUT2D eigenvalue weighted by Crippen LogP contribution is 2.30. The van der Waals surface area contributed by atoms with E-state index in [1.54, 1.807) is 0 Å². The Kier molecular flexibility index (Phi) is 4.21. The van der Waals surface area contributed by atoms with E-state index in [1.165, 1.54) is 0 Å². The topological polar surface area (TPSA) is 151 Å². The maximum absolute atomic E-state index is 9.73. The lowest BCUT2D eigenvalue weighted by Gasteiger charge is -2.46. The lowest BCUT2D eigenvalue weighted by Crippen LogP contribution is -2.69. The van der Waals surface area contributed by atoms with Gasteiger partial charge in [-0.15, -0.1) is 0 Å². The van der Waals surface area contributed by atoms with Crippen molar-refractivity contribution in [2.24, 2.45) is 0 Å². The largest absolute Gasteiger partial charge is 0.394 e. The van der Waals surface area contributed by atoms with Gasteiger partial charge in [0.05, 0.1) is 13.2 Å². The second kappa shape index (κ2) is 4.90. The molecule has 1 aliphatic heterocycles. The summed E-state index contributed by atoms with van der Waals surface area (Å²) in [5.41, 5.74) is 0. The standard InChI is InChI=1S/C8H16O8/c9-1-3-5(12)6(13)7(14)8(15,16-3)4(11)2-10/h3-7,9-15H,1-2H2/t3-,4+,5+,6+,7+,8-/m1/s1. The summed E-state index contributed by atoms with van der Waals surface area (Å²) in [7, 11) is 0. The van der Waals surface area contributed by atoms with Crippen molar-refractivity contribution in [3.8, 4) is 0 Å². The first-order valence-corrected chi connectivity index (χ1v) is 4.72. The van der Waals surface area contributed by atoms with Crippen molar-refractivity contribution >= 4 is 0 Å². The lowest BCUT2D eigenvalue weighted by atomic mass is 9.89. The van der Waals surface area contributed by atoms with E-state index in [9.17, 15) is 25.5 Å². The second-order valence-electron chi connectivity index (χ2n) is 3.72. The molecule has 0 aromatic carbocycles. The van der Waals surface area contributed by atoms with Crippen LogP contribution in [0.15, 0.2) is 0 Å². The number of aliphatic hydroxyl groups is 7. The van der Waals surface area contributed by atoms with Crippen LogP contribution in [0.1, 0.15) is 0 Å². The Labute approximate surface area is 91.0 Å². The fraction of sp³-hybridized carbons (Fsp3) is 1.00. The van der Waals surface area contributed by atoms with E-state index in [1.807, 2.05) is 0 Å². The van der Waals surface area contributed by atoms with Crippen molar-refractivity contribution in [1.82, 2.24) is 0 Å². The van der Waals surface area contributed by atoms with E-state index in [4.69, 9.17) is 14.9 Å². The van der Waals surface area contributed by atoms with Crippen molar-refractivity contribution in [1.29, 1.82) is 0 Å². The molecule has 96 valence electrons. The molecule has 0 unspecified atom stereocenters. The third kappa shape index (κ3) is 2.06. The Morgan fingerprint density at radius 2 is 1.69 bits per heavy atom. The first-order chi connectivity index (χ1) is 7.38. The second-order valence-corrected chi connectivity index (χ2v) is 3.72. The van der Waals surface area contributed by atoms with Gasteiger partial charge in [-0.1, -0.05) is 0 Å². The monoisotopic (exact) mass is 240 g/mol. The molecule has 1 saturated heterocycles. The quantitative estimate of drug-likeness (QED) is 0.261.